The summed E-state index contributed by atoms with van der Waals surface area (Å²) in [6.07, 6.45) is 0. The normalized spacial score (nSPS) is 15.4. The van der Waals surface area contributed by atoms with E-state index in [1.807, 2.05) is 30.3 Å². The Morgan fingerprint density at radius 3 is 2.72 bits per heavy atom. The quantitative estimate of drug-likeness (QED) is 0.687. The van der Waals surface area contributed by atoms with E-state index in [0.717, 1.165) is 48.6 Å². The molecule has 0 bridgehead atoms. The first kappa shape index (κ1) is 15.9. The summed E-state index contributed by atoms with van der Waals surface area (Å²) in [6, 6.07) is 18.3. The number of benzene rings is 2. The molecule has 1 amide bonds. The number of hydrogen-bond acceptors (Lipinski definition) is 3. The number of hydrogen-bond donors (Lipinski definition) is 3. The number of para-hydroxylation sites is 1. The molecule has 1 aromatic heterocycles. The molecule has 0 spiro atoms. The van der Waals surface area contributed by atoms with Gasteiger partial charge >= 0.3 is 0 Å². The summed E-state index contributed by atoms with van der Waals surface area (Å²) < 4.78 is 0. The first-order valence-electron chi connectivity index (χ1n) is 8.69. The molecule has 1 fully saturated rings. The van der Waals surface area contributed by atoms with Gasteiger partial charge in [0.2, 0.25) is 5.91 Å². The van der Waals surface area contributed by atoms with Crippen LogP contribution >= 0.6 is 0 Å². The number of aromatic nitrogens is 1. The molecule has 5 heteroatoms. The van der Waals surface area contributed by atoms with Crippen LogP contribution in [0.25, 0.3) is 22.2 Å². The number of nitrogens with one attached hydrogen (secondary N) is 3. The highest BCUT2D eigenvalue weighted by molar-refractivity contribution is 5.93. The number of H-pyrrole nitrogens is 1. The lowest BCUT2D eigenvalue weighted by Gasteiger charge is -2.26. The minimum Gasteiger partial charge on any atom is -0.355 e. The third-order valence-corrected chi connectivity index (χ3v) is 4.56. The summed E-state index contributed by atoms with van der Waals surface area (Å²) in [7, 11) is 0. The van der Waals surface area contributed by atoms with Crippen molar-refractivity contribution in [2.45, 2.75) is 0 Å². The average Bonchev–Trinajstić information content (AvgIpc) is 3.07. The third kappa shape index (κ3) is 3.73. The average molecular weight is 334 g/mol. The predicted octanol–water partition coefficient (Wildman–Crippen LogP) is 2.68. The molecule has 25 heavy (non-hydrogen) atoms. The lowest BCUT2D eigenvalue weighted by atomic mass is 10.1. The topological polar surface area (TPSA) is 60.2 Å². The van der Waals surface area contributed by atoms with Gasteiger partial charge in [0.15, 0.2) is 0 Å². The Morgan fingerprint density at radius 2 is 1.88 bits per heavy atom. The van der Waals surface area contributed by atoms with Crippen molar-refractivity contribution in [2.24, 2.45) is 0 Å². The second-order valence-corrected chi connectivity index (χ2v) is 6.43. The number of amides is 1. The standard InChI is InChI=1S/C20H22N4O/c25-20(14-24-10-8-21-9-11-24)22-17-6-3-5-15(12-17)19-13-16-4-1-2-7-18(16)23-19/h1-7,12-13,21,23H,8-11,14H2,(H,22,25). The predicted molar refractivity (Wildman–Crippen MR) is 102 cm³/mol. The van der Waals surface area contributed by atoms with Crippen LogP contribution in [0.15, 0.2) is 54.6 Å². The first-order chi connectivity index (χ1) is 12.3. The summed E-state index contributed by atoms with van der Waals surface area (Å²) in [5, 5.41) is 7.50. The second kappa shape index (κ2) is 7.09. The van der Waals surface area contributed by atoms with Crippen LogP contribution in [0.2, 0.25) is 0 Å². The number of aromatic amines is 1. The largest absolute Gasteiger partial charge is 0.355 e. The van der Waals surface area contributed by atoms with E-state index in [0.29, 0.717) is 6.54 Å². The molecule has 0 saturated carbocycles. The molecule has 3 aromatic rings. The molecule has 1 saturated heterocycles. The number of nitrogens with zero attached hydrogens (tertiary/aromatic N) is 1. The zero-order chi connectivity index (χ0) is 17.1. The van der Waals surface area contributed by atoms with Gasteiger partial charge in [-0.2, -0.15) is 0 Å². The highest BCUT2D eigenvalue weighted by atomic mass is 16.2. The zero-order valence-electron chi connectivity index (χ0n) is 14.1. The fourth-order valence-corrected chi connectivity index (χ4v) is 3.27. The van der Waals surface area contributed by atoms with Crippen LogP contribution in [0, 0.1) is 0 Å². The molecule has 5 nitrogen and oxygen atoms in total. The van der Waals surface area contributed by atoms with E-state index in [1.54, 1.807) is 0 Å². The molecule has 0 atom stereocenters. The molecule has 2 aromatic carbocycles. The van der Waals surface area contributed by atoms with Crippen LogP contribution in [0.1, 0.15) is 0 Å². The molecule has 0 unspecified atom stereocenters. The lowest BCUT2D eigenvalue weighted by molar-refractivity contribution is -0.117. The van der Waals surface area contributed by atoms with Gasteiger partial charge in [-0.25, -0.2) is 0 Å². The summed E-state index contributed by atoms with van der Waals surface area (Å²) in [5.74, 6) is 0.0377. The van der Waals surface area contributed by atoms with E-state index in [-0.39, 0.29) is 5.91 Å². The molecular formula is C20H22N4O. The van der Waals surface area contributed by atoms with E-state index in [1.165, 1.54) is 5.39 Å². The number of fused-ring (bicyclic) bond motifs is 1. The minimum absolute atomic E-state index is 0.0377. The van der Waals surface area contributed by atoms with Crippen molar-refractivity contribution >= 4 is 22.5 Å². The number of carbonyl (C=O) groups excluding carboxylic acids is 1. The van der Waals surface area contributed by atoms with Gasteiger partial charge in [0.1, 0.15) is 0 Å². The van der Waals surface area contributed by atoms with Crippen molar-refractivity contribution < 1.29 is 4.79 Å². The molecular weight excluding hydrogens is 312 g/mol. The molecule has 1 aliphatic heterocycles. The van der Waals surface area contributed by atoms with Gasteiger partial charge in [0, 0.05) is 54.0 Å². The Bertz CT molecular complexity index is 847. The van der Waals surface area contributed by atoms with Crippen LogP contribution in [0.4, 0.5) is 5.69 Å². The molecule has 4 rings (SSSR count). The van der Waals surface area contributed by atoms with Crippen molar-refractivity contribution in [3.05, 3.63) is 54.6 Å². The monoisotopic (exact) mass is 334 g/mol. The van der Waals surface area contributed by atoms with Crippen molar-refractivity contribution in [3.8, 4) is 11.3 Å². The van der Waals surface area contributed by atoms with Crippen molar-refractivity contribution in [3.63, 3.8) is 0 Å². The number of carbonyl (C=O) groups is 1. The smallest absolute Gasteiger partial charge is 0.238 e. The Balaban J connectivity index is 1.48. The Hall–Kier alpha value is -2.63. The maximum Gasteiger partial charge on any atom is 0.238 e. The third-order valence-electron chi connectivity index (χ3n) is 4.56. The highest BCUT2D eigenvalue weighted by Gasteiger charge is 2.13. The van der Waals surface area contributed by atoms with Gasteiger partial charge in [-0.05, 0) is 24.3 Å². The number of anilines is 1. The lowest BCUT2D eigenvalue weighted by Crippen LogP contribution is -2.46. The van der Waals surface area contributed by atoms with Gasteiger partial charge < -0.3 is 15.6 Å². The van der Waals surface area contributed by atoms with Crippen LogP contribution in [-0.2, 0) is 4.79 Å². The fourth-order valence-electron chi connectivity index (χ4n) is 3.27. The molecule has 1 aliphatic rings. The van der Waals surface area contributed by atoms with Crippen LogP contribution in [-0.4, -0.2) is 48.5 Å². The van der Waals surface area contributed by atoms with Gasteiger partial charge in [-0.15, -0.1) is 0 Å². The van der Waals surface area contributed by atoms with Crippen molar-refractivity contribution in [2.75, 3.05) is 38.0 Å². The Kier molecular flexibility index (Phi) is 4.50. The summed E-state index contributed by atoms with van der Waals surface area (Å²) in [6.45, 7) is 4.18. The molecule has 0 radical (unpaired) electrons. The fraction of sp³-hybridized carbons (Fsp3) is 0.250. The van der Waals surface area contributed by atoms with Crippen molar-refractivity contribution in [1.29, 1.82) is 0 Å². The van der Waals surface area contributed by atoms with Gasteiger partial charge in [0.05, 0.1) is 6.54 Å². The summed E-state index contributed by atoms with van der Waals surface area (Å²) >= 11 is 0. The first-order valence-corrected chi connectivity index (χ1v) is 8.69. The molecule has 128 valence electrons. The van der Waals surface area contributed by atoms with Gasteiger partial charge in [0.25, 0.3) is 0 Å². The van der Waals surface area contributed by atoms with E-state index < -0.39 is 0 Å². The van der Waals surface area contributed by atoms with E-state index >= 15 is 0 Å². The highest BCUT2D eigenvalue weighted by Crippen LogP contribution is 2.26. The SMILES string of the molecule is O=C(CN1CCNCC1)Nc1cccc(-c2cc3ccccc3[nH]2)c1. The zero-order valence-corrected chi connectivity index (χ0v) is 14.1. The molecule has 2 heterocycles. The van der Waals surface area contributed by atoms with Gasteiger partial charge in [-0.3, -0.25) is 9.69 Å². The van der Waals surface area contributed by atoms with E-state index in [9.17, 15) is 4.79 Å². The van der Waals surface area contributed by atoms with E-state index in [4.69, 9.17) is 0 Å². The molecule has 0 aliphatic carbocycles. The number of piperazine rings is 1. The maximum atomic E-state index is 12.3. The minimum atomic E-state index is 0.0377. The van der Waals surface area contributed by atoms with Crippen molar-refractivity contribution in [1.82, 2.24) is 15.2 Å². The van der Waals surface area contributed by atoms with Crippen LogP contribution in [0.3, 0.4) is 0 Å². The Morgan fingerprint density at radius 1 is 1.04 bits per heavy atom. The Labute approximate surface area is 147 Å². The molecule has 3 N–H and O–H groups in total. The summed E-state index contributed by atoms with van der Waals surface area (Å²) in [4.78, 5) is 17.9. The maximum absolute atomic E-state index is 12.3. The summed E-state index contributed by atoms with van der Waals surface area (Å²) in [5.41, 5.74) is 4.07. The second-order valence-electron chi connectivity index (χ2n) is 6.43. The van der Waals surface area contributed by atoms with Crippen LogP contribution in [0.5, 0.6) is 0 Å². The van der Waals surface area contributed by atoms with Gasteiger partial charge in [-0.1, -0.05) is 30.3 Å². The van der Waals surface area contributed by atoms with E-state index in [2.05, 4.69) is 44.8 Å². The van der Waals surface area contributed by atoms with Crippen LogP contribution < -0.4 is 10.6 Å². The number of rotatable bonds is 4.